The summed E-state index contributed by atoms with van der Waals surface area (Å²) in [5.74, 6) is -0.506. The Bertz CT molecular complexity index is 427. The summed E-state index contributed by atoms with van der Waals surface area (Å²) >= 11 is 0. The summed E-state index contributed by atoms with van der Waals surface area (Å²) in [4.78, 5) is 11.6. The van der Waals surface area contributed by atoms with Gasteiger partial charge in [-0.25, -0.2) is 0 Å². The van der Waals surface area contributed by atoms with Crippen molar-refractivity contribution >= 4 is 5.78 Å². The van der Waals surface area contributed by atoms with E-state index in [1.165, 1.54) is 14.0 Å². The lowest BCUT2D eigenvalue weighted by Gasteiger charge is -2.13. The number of benzene rings is 1. The van der Waals surface area contributed by atoms with Crippen molar-refractivity contribution in [3.8, 4) is 5.75 Å². The third-order valence-corrected chi connectivity index (χ3v) is 2.21. The minimum Gasteiger partial charge on any atom is -0.496 e. The predicted octanol–water partition coefficient (Wildman–Crippen LogP) is 2.24. The van der Waals surface area contributed by atoms with Crippen LogP contribution in [0.15, 0.2) is 18.2 Å². The van der Waals surface area contributed by atoms with Crippen LogP contribution in [-0.4, -0.2) is 18.9 Å². The molecule has 6 heteroatoms. The number of nitrogens with two attached hydrogens (primary N) is 1. The Morgan fingerprint density at radius 2 is 2.00 bits per heavy atom. The van der Waals surface area contributed by atoms with Gasteiger partial charge in [0.05, 0.1) is 24.3 Å². The summed E-state index contributed by atoms with van der Waals surface area (Å²) in [6.07, 6.45) is -4.50. The molecular weight excluding hydrogens is 235 g/mol. The Morgan fingerprint density at radius 3 is 2.41 bits per heavy atom. The molecule has 0 amide bonds. The summed E-state index contributed by atoms with van der Waals surface area (Å²) in [6, 6.07) is 1.84. The van der Waals surface area contributed by atoms with Gasteiger partial charge in [0.2, 0.25) is 0 Å². The molecule has 0 saturated heterocycles. The van der Waals surface area contributed by atoms with E-state index in [9.17, 15) is 18.0 Å². The molecular formula is C11H12F3NO2. The molecule has 0 fully saturated rings. The number of ether oxygens (including phenoxy) is 1. The van der Waals surface area contributed by atoms with Gasteiger partial charge in [-0.2, -0.15) is 13.2 Å². The van der Waals surface area contributed by atoms with Crippen LogP contribution in [0.5, 0.6) is 5.75 Å². The van der Waals surface area contributed by atoms with E-state index in [4.69, 9.17) is 10.5 Å². The zero-order valence-corrected chi connectivity index (χ0v) is 9.34. The molecule has 17 heavy (non-hydrogen) atoms. The standard InChI is InChI=1S/C11H12F3NO2/c1-6(15)10(16)8-5-7(11(12,13)14)3-4-9(8)17-2/h3-6H,15H2,1-2H3. The number of alkyl halides is 3. The van der Waals surface area contributed by atoms with Crippen LogP contribution in [0.3, 0.4) is 0 Å². The van der Waals surface area contributed by atoms with Crippen LogP contribution in [0.2, 0.25) is 0 Å². The molecule has 0 aliphatic rings. The van der Waals surface area contributed by atoms with E-state index in [2.05, 4.69) is 0 Å². The second-order valence-electron chi connectivity index (χ2n) is 3.57. The Balaban J connectivity index is 3.30. The molecule has 3 nitrogen and oxygen atoms in total. The van der Waals surface area contributed by atoms with E-state index in [-0.39, 0.29) is 11.3 Å². The highest BCUT2D eigenvalue weighted by molar-refractivity contribution is 6.02. The molecule has 0 bridgehead atoms. The largest absolute Gasteiger partial charge is 0.496 e. The van der Waals surface area contributed by atoms with Gasteiger partial charge in [-0.3, -0.25) is 4.79 Å². The number of halogens is 3. The number of ketones is 1. The van der Waals surface area contributed by atoms with Gasteiger partial charge in [-0.05, 0) is 25.1 Å². The zero-order valence-electron chi connectivity index (χ0n) is 9.34. The topological polar surface area (TPSA) is 52.3 Å². The molecule has 0 spiro atoms. The van der Waals surface area contributed by atoms with Gasteiger partial charge in [-0.1, -0.05) is 0 Å². The maximum Gasteiger partial charge on any atom is 0.416 e. The van der Waals surface area contributed by atoms with Crippen molar-refractivity contribution in [2.75, 3.05) is 7.11 Å². The molecule has 2 N–H and O–H groups in total. The molecule has 0 heterocycles. The summed E-state index contributed by atoms with van der Waals surface area (Å²) in [6.45, 7) is 1.40. The molecule has 94 valence electrons. The molecule has 0 saturated carbocycles. The fourth-order valence-corrected chi connectivity index (χ4v) is 1.32. The Morgan fingerprint density at radius 1 is 1.41 bits per heavy atom. The zero-order chi connectivity index (χ0) is 13.2. The van der Waals surface area contributed by atoms with Crippen LogP contribution in [0.4, 0.5) is 13.2 Å². The van der Waals surface area contributed by atoms with Crippen molar-refractivity contribution < 1.29 is 22.7 Å². The third-order valence-electron chi connectivity index (χ3n) is 2.21. The Kier molecular flexibility index (Phi) is 3.77. The lowest BCUT2D eigenvalue weighted by Crippen LogP contribution is -2.27. The molecule has 1 aromatic rings. The van der Waals surface area contributed by atoms with E-state index in [1.807, 2.05) is 0 Å². The molecule has 0 aliphatic heterocycles. The normalized spacial score (nSPS) is 13.3. The molecule has 1 rings (SSSR count). The van der Waals surface area contributed by atoms with Gasteiger partial charge in [0.15, 0.2) is 5.78 Å². The predicted molar refractivity (Wildman–Crippen MR) is 56.0 cm³/mol. The highest BCUT2D eigenvalue weighted by Gasteiger charge is 2.32. The number of hydrogen-bond donors (Lipinski definition) is 1. The Labute approximate surface area is 96.4 Å². The van der Waals surface area contributed by atoms with Gasteiger partial charge in [-0.15, -0.1) is 0 Å². The number of hydrogen-bond acceptors (Lipinski definition) is 3. The fourth-order valence-electron chi connectivity index (χ4n) is 1.32. The van der Waals surface area contributed by atoms with E-state index < -0.39 is 23.6 Å². The average molecular weight is 247 g/mol. The van der Waals surface area contributed by atoms with E-state index in [0.717, 1.165) is 18.2 Å². The SMILES string of the molecule is COc1ccc(C(F)(F)F)cc1C(=O)C(C)N. The third kappa shape index (κ3) is 2.97. The number of Topliss-reactive ketones (excluding diaryl/α,β-unsaturated/α-hetero) is 1. The van der Waals surface area contributed by atoms with Gasteiger partial charge in [0.1, 0.15) is 5.75 Å². The van der Waals surface area contributed by atoms with Crippen molar-refractivity contribution in [1.82, 2.24) is 0 Å². The van der Waals surface area contributed by atoms with Crippen molar-refractivity contribution in [3.63, 3.8) is 0 Å². The van der Waals surface area contributed by atoms with Gasteiger partial charge in [0, 0.05) is 0 Å². The molecule has 1 aromatic carbocycles. The molecule has 0 aliphatic carbocycles. The smallest absolute Gasteiger partial charge is 0.416 e. The van der Waals surface area contributed by atoms with Crippen molar-refractivity contribution in [2.24, 2.45) is 5.73 Å². The molecule has 1 atom stereocenters. The van der Waals surface area contributed by atoms with Crippen molar-refractivity contribution in [2.45, 2.75) is 19.1 Å². The summed E-state index contributed by atoms with van der Waals surface area (Å²) in [5.41, 5.74) is 4.31. The average Bonchev–Trinajstić information content (AvgIpc) is 2.25. The number of carbonyl (C=O) groups is 1. The van der Waals surface area contributed by atoms with Crippen molar-refractivity contribution in [1.29, 1.82) is 0 Å². The van der Waals surface area contributed by atoms with Crippen LogP contribution in [0.25, 0.3) is 0 Å². The minimum absolute atomic E-state index is 0.0836. The van der Waals surface area contributed by atoms with Gasteiger partial charge in [0.25, 0.3) is 0 Å². The summed E-state index contributed by atoms with van der Waals surface area (Å²) in [5, 5.41) is 0. The molecule has 0 aromatic heterocycles. The number of rotatable bonds is 3. The van der Waals surface area contributed by atoms with E-state index >= 15 is 0 Å². The van der Waals surface area contributed by atoms with Gasteiger partial charge >= 0.3 is 6.18 Å². The van der Waals surface area contributed by atoms with E-state index in [1.54, 1.807) is 0 Å². The first-order valence-corrected chi connectivity index (χ1v) is 4.82. The summed E-state index contributed by atoms with van der Waals surface area (Å²) < 4.78 is 42.3. The monoisotopic (exact) mass is 247 g/mol. The Hall–Kier alpha value is -1.56. The highest BCUT2D eigenvalue weighted by atomic mass is 19.4. The van der Waals surface area contributed by atoms with Crippen LogP contribution in [-0.2, 0) is 6.18 Å². The fraction of sp³-hybridized carbons (Fsp3) is 0.364. The van der Waals surface area contributed by atoms with Crippen molar-refractivity contribution in [3.05, 3.63) is 29.3 Å². The van der Waals surface area contributed by atoms with Crippen LogP contribution >= 0.6 is 0 Å². The first-order chi connectivity index (χ1) is 7.77. The van der Waals surface area contributed by atoms with Gasteiger partial charge < -0.3 is 10.5 Å². The lowest BCUT2D eigenvalue weighted by atomic mass is 10.0. The summed E-state index contributed by atoms with van der Waals surface area (Å²) in [7, 11) is 1.28. The van der Waals surface area contributed by atoms with Crippen LogP contribution in [0.1, 0.15) is 22.8 Å². The highest BCUT2D eigenvalue weighted by Crippen LogP contribution is 2.32. The molecule has 1 unspecified atom stereocenters. The minimum atomic E-state index is -4.50. The lowest BCUT2D eigenvalue weighted by molar-refractivity contribution is -0.137. The van der Waals surface area contributed by atoms with Crippen LogP contribution in [0, 0.1) is 0 Å². The maximum atomic E-state index is 12.5. The molecule has 0 radical (unpaired) electrons. The second-order valence-corrected chi connectivity index (χ2v) is 3.57. The first kappa shape index (κ1) is 13.5. The maximum absolute atomic E-state index is 12.5. The second kappa shape index (κ2) is 4.75. The van der Waals surface area contributed by atoms with Crippen LogP contribution < -0.4 is 10.5 Å². The number of carbonyl (C=O) groups excluding carboxylic acids is 1. The van der Waals surface area contributed by atoms with E-state index in [0.29, 0.717) is 0 Å². The first-order valence-electron chi connectivity index (χ1n) is 4.82. The quantitative estimate of drug-likeness (QED) is 0.833. The number of methoxy groups -OCH3 is 1.